The van der Waals surface area contributed by atoms with E-state index in [4.69, 9.17) is 0 Å². The SMILES string of the molecule is O=[N+]([O-])c1ccc2sc(NC3CCCNC3)nc2c1. The largest absolute Gasteiger partial charge is 0.357 e. The van der Waals surface area contributed by atoms with Crippen LogP contribution < -0.4 is 10.6 Å². The summed E-state index contributed by atoms with van der Waals surface area (Å²) in [5.41, 5.74) is 0.772. The maximum Gasteiger partial charge on any atom is 0.271 e. The lowest BCUT2D eigenvalue weighted by Gasteiger charge is -2.23. The van der Waals surface area contributed by atoms with Crippen LogP contribution >= 0.6 is 11.3 Å². The number of fused-ring (bicyclic) bond motifs is 1. The van der Waals surface area contributed by atoms with Gasteiger partial charge >= 0.3 is 0 Å². The lowest BCUT2D eigenvalue weighted by atomic mass is 10.1. The van der Waals surface area contributed by atoms with Crippen LogP contribution in [0.25, 0.3) is 10.2 Å². The van der Waals surface area contributed by atoms with Crippen molar-refractivity contribution in [3.05, 3.63) is 28.3 Å². The van der Waals surface area contributed by atoms with Gasteiger partial charge in [-0.25, -0.2) is 4.98 Å². The number of non-ortho nitro benzene ring substituents is 1. The summed E-state index contributed by atoms with van der Waals surface area (Å²) < 4.78 is 0.969. The minimum absolute atomic E-state index is 0.0867. The average molecular weight is 278 g/mol. The Balaban J connectivity index is 1.82. The molecule has 1 saturated heterocycles. The lowest BCUT2D eigenvalue weighted by Crippen LogP contribution is -2.38. The van der Waals surface area contributed by atoms with Crippen LogP contribution in [0, 0.1) is 10.1 Å². The number of aromatic nitrogens is 1. The molecule has 2 N–H and O–H groups in total. The monoisotopic (exact) mass is 278 g/mol. The van der Waals surface area contributed by atoms with Gasteiger partial charge < -0.3 is 10.6 Å². The number of thiazole rings is 1. The van der Waals surface area contributed by atoms with Crippen LogP contribution in [0.5, 0.6) is 0 Å². The molecule has 1 aromatic heterocycles. The van der Waals surface area contributed by atoms with E-state index in [9.17, 15) is 10.1 Å². The molecule has 1 aliphatic heterocycles. The van der Waals surface area contributed by atoms with Gasteiger partial charge in [0.2, 0.25) is 0 Å². The second-order valence-electron chi connectivity index (χ2n) is 4.62. The van der Waals surface area contributed by atoms with Crippen LogP contribution in [0.1, 0.15) is 12.8 Å². The molecule has 0 bridgehead atoms. The van der Waals surface area contributed by atoms with E-state index in [0.29, 0.717) is 11.6 Å². The van der Waals surface area contributed by atoms with Crippen LogP contribution in [0.2, 0.25) is 0 Å². The third kappa shape index (κ3) is 2.66. The third-order valence-corrected chi connectivity index (χ3v) is 4.17. The Labute approximate surface area is 114 Å². The van der Waals surface area contributed by atoms with Gasteiger partial charge in [0.25, 0.3) is 5.69 Å². The second kappa shape index (κ2) is 5.10. The average Bonchev–Trinajstić information content (AvgIpc) is 2.80. The minimum atomic E-state index is -0.392. The van der Waals surface area contributed by atoms with Gasteiger partial charge in [-0.2, -0.15) is 0 Å². The summed E-state index contributed by atoms with van der Waals surface area (Å²) in [6, 6.07) is 5.20. The van der Waals surface area contributed by atoms with E-state index in [2.05, 4.69) is 15.6 Å². The fraction of sp³-hybridized carbons (Fsp3) is 0.417. The van der Waals surface area contributed by atoms with E-state index in [0.717, 1.165) is 35.8 Å². The highest BCUT2D eigenvalue weighted by atomic mass is 32.1. The topological polar surface area (TPSA) is 80.1 Å². The van der Waals surface area contributed by atoms with Crippen molar-refractivity contribution < 1.29 is 4.92 Å². The fourth-order valence-electron chi connectivity index (χ4n) is 2.24. The molecule has 0 aliphatic carbocycles. The van der Waals surface area contributed by atoms with Crippen molar-refractivity contribution in [2.24, 2.45) is 0 Å². The highest BCUT2D eigenvalue weighted by molar-refractivity contribution is 7.22. The minimum Gasteiger partial charge on any atom is -0.357 e. The molecule has 7 heteroatoms. The van der Waals surface area contributed by atoms with Gasteiger partial charge in [-0.05, 0) is 25.5 Å². The Hall–Kier alpha value is -1.73. The molecule has 1 fully saturated rings. The van der Waals surface area contributed by atoms with Gasteiger partial charge in [0, 0.05) is 24.7 Å². The zero-order valence-electron chi connectivity index (χ0n) is 10.3. The number of benzene rings is 1. The van der Waals surface area contributed by atoms with Crippen LogP contribution in [-0.2, 0) is 0 Å². The Morgan fingerprint density at radius 1 is 1.53 bits per heavy atom. The molecular weight excluding hydrogens is 264 g/mol. The van der Waals surface area contributed by atoms with Gasteiger partial charge in [0.05, 0.1) is 15.1 Å². The Morgan fingerprint density at radius 3 is 3.16 bits per heavy atom. The summed E-state index contributed by atoms with van der Waals surface area (Å²) in [5, 5.41) is 18.3. The molecule has 1 unspecified atom stereocenters. The molecule has 6 nitrogen and oxygen atoms in total. The predicted octanol–water partition coefficient (Wildman–Crippen LogP) is 2.37. The number of nitrogens with zero attached hydrogens (tertiary/aromatic N) is 2. The van der Waals surface area contributed by atoms with E-state index in [1.54, 1.807) is 6.07 Å². The molecule has 1 atom stereocenters. The zero-order valence-corrected chi connectivity index (χ0v) is 11.1. The van der Waals surface area contributed by atoms with Crippen molar-refractivity contribution in [2.75, 3.05) is 18.4 Å². The van der Waals surface area contributed by atoms with Crippen LogP contribution in [-0.4, -0.2) is 29.0 Å². The molecular formula is C12H14N4O2S. The molecule has 0 amide bonds. The van der Waals surface area contributed by atoms with Gasteiger partial charge in [-0.1, -0.05) is 11.3 Å². The van der Waals surface area contributed by atoms with Crippen LogP contribution in [0.4, 0.5) is 10.8 Å². The third-order valence-electron chi connectivity index (χ3n) is 3.21. The van der Waals surface area contributed by atoms with E-state index in [1.807, 2.05) is 0 Å². The summed E-state index contributed by atoms with van der Waals surface area (Å²) >= 11 is 1.54. The summed E-state index contributed by atoms with van der Waals surface area (Å²) in [6.07, 6.45) is 2.29. The van der Waals surface area contributed by atoms with Gasteiger partial charge in [0.1, 0.15) is 0 Å². The number of nitro groups is 1. The van der Waals surface area contributed by atoms with Crippen molar-refractivity contribution >= 4 is 32.4 Å². The molecule has 100 valence electrons. The highest BCUT2D eigenvalue weighted by Crippen LogP contribution is 2.29. The molecule has 1 aromatic carbocycles. The molecule has 19 heavy (non-hydrogen) atoms. The molecule has 3 rings (SSSR count). The molecule has 2 heterocycles. The summed E-state index contributed by atoms with van der Waals surface area (Å²) in [4.78, 5) is 14.8. The number of nitrogens with one attached hydrogen (secondary N) is 2. The van der Waals surface area contributed by atoms with Crippen LogP contribution in [0.15, 0.2) is 18.2 Å². The van der Waals surface area contributed by atoms with E-state index in [1.165, 1.54) is 23.5 Å². The van der Waals surface area contributed by atoms with E-state index >= 15 is 0 Å². The first-order valence-electron chi connectivity index (χ1n) is 6.24. The summed E-state index contributed by atoms with van der Waals surface area (Å²) in [6.45, 7) is 2.01. The number of hydrogen-bond donors (Lipinski definition) is 2. The maximum atomic E-state index is 10.7. The first-order valence-corrected chi connectivity index (χ1v) is 7.06. The zero-order chi connectivity index (χ0) is 13.2. The maximum absolute atomic E-state index is 10.7. The predicted molar refractivity (Wildman–Crippen MR) is 75.8 cm³/mol. The lowest BCUT2D eigenvalue weighted by molar-refractivity contribution is -0.384. The Bertz CT molecular complexity index is 607. The van der Waals surface area contributed by atoms with Crippen molar-refractivity contribution in [2.45, 2.75) is 18.9 Å². The van der Waals surface area contributed by atoms with Crippen molar-refractivity contribution in [1.82, 2.24) is 10.3 Å². The van der Waals surface area contributed by atoms with E-state index < -0.39 is 4.92 Å². The molecule has 1 aliphatic rings. The number of piperidine rings is 1. The highest BCUT2D eigenvalue weighted by Gasteiger charge is 2.15. The van der Waals surface area contributed by atoms with Crippen molar-refractivity contribution in [1.29, 1.82) is 0 Å². The van der Waals surface area contributed by atoms with Gasteiger partial charge in [0.15, 0.2) is 5.13 Å². The Morgan fingerprint density at radius 2 is 2.42 bits per heavy atom. The second-order valence-corrected chi connectivity index (χ2v) is 5.65. The number of anilines is 1. The molecule has 0 saturated carbocycles. The first-order chi connectivity index (χ1) is 9.22. The summed E-state index contributed by atoms with van der Waals surface area (Å²) in [5.74, 6) is 0. The fourth-order valence-corrected chi connectivity index (χ4v) is 3.16. The van der Waals surface area contributed by atoms with Crippen molar-refractivity contribution in [3.63, 3.8) is 0 Å². The molecule has 0 radical (unpaired) electrons. The number of rotatable bonds is 3. The van der Waals surface area contributed by atoms with Crippen molar-refractivity contribution in [3.8, 4) is 0 Å². The first kappa shape index (κ1) is 12.3. The van der Waals surface area contributed by atoms with Crippen LogP contribution in [0.3, 0.4) is 0 Å². The normalized spacial score (nSPS) is 19.5. The molecule has 2 aromatic rings. The molecule has 0 spiro atoms. The number of hydrogen-bond acceptors (Lipinski definition) is 6. The standard InChI is InChI=1S/C12H14N4O2S/c17-16(18)9-3-4-11-10(6-9)15-12(19-11)14-8-2-1-5-13-7-8/h3-4,6,8,13H,1-2,5,7H2,(H,14,15). The van der Waals surface area contributed by atoms with Gasteiger partial charge in [-0.3, -0.25) is 10.1 Å². The Kier molecular flexibility index (Phi) is 3.31. The van der Waals surface area contributed by atoms with E-state index in [-0.39, 0.29) is 5.69 Å². The smallest absolute Gasteiger partial charge is 0.271 e. The summed E-state index contributed by atoms with van der Waals surface area (Å²) in [7, 11) is 0. The van der Waals surface area contributed by atoms with Gasteiger partial charge in [-0.15, -0.1) is 0 Å². The quantitative estimate of drug-likeness (QED) is 0.665. The number of nitro benzene ring substituents is 1.